The third-order valence-corrected chi connectivity index (χ3v) is 3.55. The summed E-state index contributed by atoms with van der Waals surface area (Å²) in [5.41, 5.74) is 4.17. The highest BCUT2D eigenvalue weighted by Crippen LogP contribution is 2.22. The van der Waals surface area contributed by atoms with Crippen molar-refractivity contribution in [2.45, 2.75) is 20.0 Å². The second-order valence-electron chi connectivity index (χ2n) is 5.18. The van der Waals surface area contributed by atoms with Crippen LogP contribution in [0.1, 0.15) is 18.1 Å². The number of rotatable bonds is 6. The van der Waals surface area contributed by atoms with Crippen molar-refractivity contribution < 1.29 is 14.3 Å². The summed E-state index contributed by atoms with van der Waals surface area (Å²) in [6.45, 7) is 3.53. The smallest absolute Gasteiger partial charge is 0.280 e. The number of benzene rings is 2. The minimum atomic E-state index is -0.683. The van der Waals surface area contributed by atoms with E-state index in [4.69, 9.17) is 21.1 Å². The summed E-state index contributed by atoms with van der Waals surface area (Å²) >= 11 is 5.90. The first-order valence-corrected chi connectivity index (χ1v) is 7.77. The van der Waals surface area contributed by atoms with Crippen molar-refractivity contribution in [3.8, 4) is 11.5 Å². The van der Waals surface area contributed by atoms with Gasteiger partial charge in [0.25, 0.3) is 5.91 Å². The maximum Gasteiger partial charge on any atom is 0.280 e. The molecule has 1 N–H and O–H groups in total. The summed E-state index contributed by atoms with van der Waals surface area (Å²) in [7, 11) is 1.60. The van der Waals surface area contributed by atoms with Gasteiger partial charge in [-0.2, -0.15) is 5.10 Å². The van der Waals surface area contributed by atoms with E-state index in [1.807, 2.05) is 31.2 Å². The van der Waals surface area contributed by atoms with Crippen LogP contribution in [0.15, 0.2) is 47.6 Å². The Morgan fingerprint density at radius 1 is 1.25 bits per heavy atom. The number of halogens is 1. The maximum absolute atomic E-state index is 12.0. The zero-order valence-electron chi connectivity index (χ0n) is 13.7. The summed E-state index contributed by atoms with van der Waals surface area (Å²) in [5.74, 6) is 1.03. The van der Waals surface area contributed by atoms with Gasteiger partial charge in [-0.25, -0.2) is 5.43 Å². The number of nitrogens with one attached hydrogen (secondary N) is 1. The van der Waals surface area contributed by atoms with Crippen LogP contribution >= 0.6 is 11.6 Å². The lowest BCUT2D eigenvalue weighted by Crippen LogP contribution is -2.33. The first-order chi connectivity index (χ1) is 11.5. The summed E-state index contributed by atoms with van der Waals surface area (Å²) < 4.78 is 10.7. The van der Waals surface area contributed by atoms with Crippen molar-refractivity contribution in [2.24, 2.45) is 5.10 Å². The molecule has 6 heteroatoms. The van der Waals surface area contributed by atoms with Gasteiger partial charge in [0.1, 0.15) is 11.5 Å². The molecular weight excluding hydrogens is 328 g/mol. The van der Waals surface area contributed by atoms with Crippen molar-refractivity contribution in [1.82, 2.24) is 5.43 Å². The fourth-order valence-electron chi connectivity index (χ4n) is 1.94. The summed E-state index contributed by atoms with van der Waals surface area (Å²) in [6.07, 6.45) is 0.871. The van der Waals surface area contributed by atoms with Crippen LogP contribution in [0.5, 0.6) is 11.5 Å². The quantitative estimate of drug-likeness (QED) is 0.642. The Labute approximate surface area is 146 Å². The fraction of sp³-hybridized carbons (Fsp3) is 0.222. The standard InChI is InChI=1S/C18H19ClN2O3/c1-12-10-15(19)6-9-17(12)24-13(2)18(22)21-20-11-14-4-7-16(23-3)8-5-14/h4-11,13H,1-3H3,(H,21,22)/b20-11+. The van der Waals surface area contributed by atoms with Crippen molar-refractivity contribution in [3.05, 3.63) is 58.6 Å². The first kappa shape index (κ1) is 17.8. The first-order valence-electron chi connectivity index (χ1n) is 7.39. The minimum Gasteiger partial charge on any atom is -0.497 e. The maximum atomic E-state index is 12.0. The SMILES string of the molecule is COc1ccc(/C=N/NC(=O)C(C)Oc2ccc(Cl)cc2C)cc1. The number of nitrogens with zero attached hydrogens (tertiary/aromatic N) is 1. The highest BCUT2D eigenvalue weighted by molar-refractivity contribution is 6.30. The monoisotopic (exact) mass is 346 g/mol. The molecule has 0 aromatic heterocycles. The third kappa shape index (κ3) is 4.99. The molecule has 0 aliphatic heterocycles. The number of amides is 1. The zero-order valence-corrected chi connectivity index (χ0v) is 14.5. The highest BCUT2D eigenvalue weighted by Gasteiger charge is 2.15. The Morgan fingerprint density at radius 2 is 1.96 bits per heavy atom. The number of carbonyl (C=O) groups excluding carboxylic acids is 1. The van der Waals surface area contributed by atoms with E-state index in [1.165, 1.54) is 0 Å². The Kier molecular flexibility index (Phi) is 6.21. The number of hydrazone groups is 1. The number of ether oxygens (including phenoxy) is 2. The molecule has 2 rings (SSSR count). The Hall–Kier alpha value is -2.53. The van der Waals surface area contributed by atoms with E-state index in [9.17, 15) is 4.79 Å². The van der Waals surface area contributed by atoms with Gasteiger partial charge in [0.15, 0.2) is 6.10 Å². The zero-order chi connectivity index (χ0) is 17.5. The van der Waals surface area contributed by atoms with Crippen LogP contribution in [-0.2, 0) is 4.79 Å². The molecule has 0 fully saturated rings. The van der Waals surface area contributed by atoms with Crippen molar-refractivity contribution >= 4 is 23.7 Å². The average molecular weight is 347 g/mol. The molecule has 126 valence electrons. The van der Waals surface area contributed by atoms with Crippen molar-refractivity contribution in [1.29, 1.82) is 0 Å². The van der Waals surface area contributed by atoms with Crippen LogP contribution in [0.25, 0.3) is 0 Å². The van der Waals surface area contributed by atoms with Crippen LogP contribution < -0.4 is 14.9 Å². The molecule has 0 radical (unpaired) electrons. The van der Waals surface area contributed by atoms with E-state index in [0.29, 0.717) is 10.8 Å². The highest BCUT2D eigenvalue weighted by atomic mass is 35.5. The van der Waals surface area contributed by atoms with Gasteiger partial charge in [0, 0.05) is 5.02 Å². The molecule has 0 saturated heterocycles. The van der Waals surface area contributed by atoms with Crippen LogP contribution in [-0.4, -0.2) is 25.3 Å². The number of hydrogen-bond donors (Lipinski definition) is 1. The van der Waals surface area contributed by atoms with Gasteiger partial charge < -0.3 is 9.47 Å². The van der Waals surface area contributed by atoms with Crippen LogP contribution in [0.2, 0.25) is 5.02 Å². The lowest BCUT2D eigenvalue weighted by Gasteiger charge is -2.14. The Bertz CT molecular complexity index is 730. The van der Waals surface area contributed by atoms with Gasteiger partial charge >= 0.3 is 0 Å². The lowest BCUT2D eigenvalue weighted by atomic mass is 10.2. The molecule has 5 nitrogen and oxygen atoms in total. The molecule has 0 aliphatic carbocycles. The molecule has 0 aliphatic rings. The fourth-order valence-corrected chi connectivity index (χ4v) is 2.17. The van der Waals surface area contributed by atoms with Crippen molar-refractivity contribution in [3.63, 3.8) is 0 Å². The van der Waals surface area contributed by atoms with E-state index in [-0.39, 0.29) is 5.91 Å². The Morgan fingerprint density at radius 3 is 2.58 bits per heavy atom. The van der Waals surface area contributed by atoms with Gasteiger partial charge in [0.05, 0.1) is 13.3 Å². The molecular formula is C18H19ClN2O3. The van der Waals surface area contributed by atoms with Crippen LogP contribution in [0, 0.1) is 6.92 Å². The second-order valence-corrected chi connectivity index (χ2v) is 5.61. The third-order valence-electron chi connectivity index (χ3n) is 3.31. The molecule has 0 spiro atoms. The predicted molar refractivity (Wildman–Crippen MR) is 95.0 cm³/mol. The largest absolute Gasteiger partial charge is 0.497 e. The van der Waals surface area contributed by atoms with E-state index < -0.39 is 6.10 Å². The van der Waals surface area contributed by atoms with Crippen LogP contribution in [0.4, 0.5) is 0 Å². The summed E-state index contributed by atoms with van der Waals surface area (Å²) in [4.78, 5) is 12.0. The average Bonchev–Trinajstić information content (AvgIpc) is 2.57. The normalized spacial score (nSPS) is 12.0. The molecule has 0 bridgehead atoms. The molecule has 24 heavy (non-hydrogen) atoms. The van der Waals surface area contributed by atoms with Crippen LogP contribution in [0.3, 0.4) is 0 Å². The number of carbonyl (C=O) groups is 1. The van der Waals surface area contributed by atoms with Gasteiger partial charge in [-0.3, -0.25) is 4.79 Å². The minimum absolute atomic E-state index is 0.339. The van der Waals surface area contributed by atoms with Gasteiger partial charge in [-0.05, 0) is 67.4 Å². The van der Waals surface area contributed by atoms with Crippen molar-refractivity contribution in [2.75, 3.05) is 7.11 Å². The van der Waals surface area contributed by atoms with Gasteiger partial charge in [-0.1, -0.05) is 11.6 Å². The summed E-state index contributed by atoms with van der Waals surface area (Å²) in [5, 5.41) is 4.56. The van der Waals surface area contributed by atoms with E-state index in [0.717, 1.165) is 16.9 Å². The molecule has 0 saturated carbocycles. The van der Waals surface area contributed by atoms with Gasteiger partial charge in [0.2, 0.25) is 0 Å². The Balaban J connectivity index is 1.89. The molecule has 2 aromatic rings. The molecule has 1 atom stereocenters. The predicted octanol–water partition coefficient (Wildman–Crippen LogP) is 3.57. The molecule has 1 amide bonds. The summed E-state index contributed by atoms with van der Waals surface area (Å²) in [6, 6.07) is 12.6. The number of methoxy groups -OCH3 is 1. The molecule has 2 aromatic carbocycles. The van der Waals surface area contributed by atoms with Gasteiger partial charge in [-0.15, -0.1) is 0 Å². The number of aryl methyl sites for hydroxylation is 1. The molecule has 0 heterocycles. The van der Waals surface area contributed by atoms with E-state index >= 15 is 0 Å². The lowest BCUT2D eigenvalue weighted by molar-refractivity contribution is -0.127. The van der Waals surface area contributed by atoms with E-state index in [1.54, 1.807) is 38.4 Å². The molecule has 1 unspecified atom stereocenters. The number of hydrogen-bond acceptors (Lipinski definition) is 4. The topological polar surface area (TPSA) is 59.9 Å². The second kappa shape index (κ2) is 8.36. The van der Waals surface area contributed by atoms with E-state index in [2.05, 4.69) is 10.5 Å².